The van der Waals surface area contributed by atoms with Crippen LogP contribution in [-0.4, -0.2) is 64.6 Å². The first-order valence-corrected chi connectivity index (χ1v) is 8.15. The van der Waals surface area contributed by atoms with Crippen LogP contribution in [0.4, 0.5) is 13.2 Å². The molecule has 0 saturated carbocycles. The van der Waals surface area contributed by atoms with E-state index in [4.69, 9.17) is 28.5 Å². The minimum atomic E-state index is -6.09. The Hall–Kier alpha value is -1.84. The number of rotatable bonds is 3. The lowest BCUT2D eigenvalue weighted by Crippen LogP contribution is -2.46. The molecule has 1 aromatic rings. The number of pyridine rings is 1. The SMILES string of the molecule is NC(=O)c1ccc[n+](C2O[C@H](CO)[C@@H](O)[C@H]2O)c1.O=S(=O)([O-])C(F)(F)F. The Balaban J connectivity index is 0.000000359. The van der Waals surface area contributed by atoms with Gasteiger partial charge in [0.25, 0.3) is 12.1 Å². The molecule has 2 heterocycles. The van der Waals surface area contributed by atoms with E-state index in [1.165, 1.54) is 16.8 Å². The van der Waals surface area contributed by atoms with Crippen molar-refractivity contribution >= 4 is 16.0 Å². The zero-order valence-corrected chi connectivity index (χ0v) is 13.6. The maximum Gasteiger partial charge on any atom is 0.485 e. The van der Waals surface area contributed by atoms with Crippen LogP contribution in [0.1, 0.15) is 16.6 Å². The molecule has 26 heavy (non-hydrogen) atoms. The molecule has 2 rings (SSSR count). The predicted octanol–water partition coefficient (Wildman–Crippen LogP) is -2.26. The Morgan fingerprint density at radius 1 is 1.35 bits per heavy atom. The minimum Gasteiger partial charge on any atom is -0.741 e. The molecular weight excluding hydrogens is 389 g/mol. The van der Waals surface area contributed by atoms with Gasteiger partial charge in [0, 0.05) is 6.07 Å². The summed E-state index contributed by atoms with van der Waals surface area (Å²) in [6.07, 6.45) is -1.08. The summed E-state index contributed by atoms with van der Waals surface area (Å²) in [5.74, 6) is -0.601. The number of nitrogens with zero attached hydrogens (tertiary/aromatic N) is 1. The van der Waals surface area contributed by atoms with Gasteiger partial charge in [-0.15, -0.1) is 0 Å². The number of ether oxygens (including phenoxy) is 1. The Kier molecular flexibility index (Phi) is 7.03. The third-order valence-electron chi connectivity index (χ3n) is 3.20. The fourth-order valence-corrected chi connectivity index (χ4v) is 1.92. The van der Waals surface area contributed by atoms with Crippen molar-refractivity contribution in [1.29, 1.82) is 0 Å². The fourth-order valence-electron chi connectivity index (χ4n) is 1.92. The molecule has 5 N–H and O–H groups in total. The molecule has 1 aromatic heterocycles. The molecule has 1 aliphatic rings. The Morgan fingerprint density at radius 3 is 2.27 bits per heavy atom. The maximum atomic E-state index is 11.1. The normalized spacial score (nSPS) is 26.1. The highest BCUT2D eigenvalue weighted by atomic mass is 32.2. The Bertz CT molecular complexity index is 742. The first-order chi connectivity index (χ1) is 11.8. The molecule has 4 atom stereocenters. The van der Waals surface area contributed by atoms with Gasteiger partial charge in [-0.05, 0) is 6.07 Å². The lowest BCUT2D eigenvalue weighted by atomic mass is 10.1. The zero-order valence-electron chi connectivity index (χ0n) is 12.8. The molecule has 1 aliphatic heterocycles. The average Bonchev–Trinajstić information content (AvgIpc) is 2.81. The summed E-state index contributed by atoms with van der Waals surface area (Å²) in [4.78, 5) is 11.1. The van der Waals surface area contributed by atoms with Crippen LogP contribution in [0.2, 0.25) is 0 Å². The van der Waals surface area contributed by atoms with Crippen LogP contribution in [0.25, 0.3) is 0 Å². The number of nitrogens with two attached hydrogens (primary N) is 1. The third-order valence-corrected chi connectivity index (χ3v) is 3.77. The van der Waals surface area contributed by atoms with Gasteiger partial charge in [-0.3, -0.25) is 4.79 Å². The Morgan fingerprint density at radius 2 is 1.88 bits per heavy atom. The van der Waals surface area contributed by atoms with Crippen LogP contribution in [0.15, 0.2) is 24.5 Å². The van der Waals surface area contributed by atoms with E-state index in [0.29, 0.717) is 0 Å². The van der Waals surface area contributed by atoms with Crippen molar-refractivity contribution in [2.24, 2.45) is 5.73 Å². The number of hydrogen-bond donors (Lipinski definition) is 4. The molecule has 0 aliphatic carbocycles. The number of carbonyl (C=O) groups is 1. The lowest BCUT2D eigenvalue weighted by molar-refractivity contribution is -0.765. The summed E-state index contributed by atoms with van der Waals surface area (Å²) < 4.78 is 65.7. The second kappa shape index (κ2) is 8.24. The van der Waals surface area contributed by atoms with Crippen molar-refractivity contribution in [3.8, 4) is 0 Å². The predicted molar refractivity (Wildman–Crippen MR) is 73.9 cm³/mol. The summed E-state index contributed by atoms with van der Waals surface area (Å²) in [6, 6.07) is 3.11. The molecule has 0 aromatic carbocycles. The molecular formula is C12H15F3N2O8S. The fraction of sp³-hybridized carbons (Fsp3) is 0.500. The summed E-state index contributed by atoms with van der Waals surface area (Å²) in [5, 5.41) is 28.4. The smallest absolute Gasteiger partial charge is 0.485 e. The molecule has 14 heteroatoms. The maximum absolute atomic E-state index is 11.1. The standard InChI is InChI=1S/C11H14N2O5.CHF3O3S/c12-10(17)6-2-1-3-13(4-6)11-9(16)8(15)7(5-14)18-11;2-1(3,4)8(5,6)7/h1-4,7-9,11,14-16H,5H2,(H-,12,17);(H,5,6,7)/t7-,8-,9-,11?;/m1./s1. The van der Waals surface area contributed by atoms with Gasteiger partial charge in [-0.1, -0.05) is 0 Å². The molecule has 148 valence electrons. The van der Waals surface area contributed by atoms with Crippen molar-refractivity contribution in [3.05, 3.63) is 30.1 Å². The molecule has 0 spiro atoms. The molecule has 0 radical (unpaired) electrons. The minimum absolute atomic E-state index is 0.259. The van der Waals surface area contributed by atoms with Crippen LogP contribution < -0.4 is 10.3 Å². The quantitative estimate of drug-likeness (QED) is 0.248. The van der Waals surface area contributed by atoms with Crippen LogP contribution in [-0.2, 0) is 14.9 Å². The first kappa shape index (κ1) is 22.2. The number of carbonyl (C=O) groups excluding carboxylic acids is 1. The molecule has 1 unspecified atom stereocenters. The summed E-state index contributed by atoms with van der Waals surface area (Å²) in [6.45, 7) is -0.398. The highest BCUT2D eigenvalue weighted by molar-refractivity contribution is 7.86. The van der Waals surface area contributed by atoms with E-state index in [2.05, 4.69) is 0 Å². The van der Waals surface area contributed by atoms with E-state index in [1.54, 1.807) is 12.3 Å². The van der Waals surface area contributed by atoms with Gasteiger partial charge in [0.2, 0.25) is 0 Å². The van der Waals surface area contributed by atoms with Gasteiger partial charge >= 0.3 is 5.51 Å². The van der Waals surface area contributed by atoms with Crippen LogP contribution in [0.3, 0.4) is 0 Å². The summed E-state index contributed by atoms with van der Waals surface area (Å²) in [5.41, 5.74) is -0.235. The van der Waals surface area contributed by atoms with Crippen molar-refractivity contribution < 1.29 is 55.6 Å². The van der Waals surface area contributed by atoms with Crippen LogP contribution in [0, 0.1) is 0 Å². The second-order valence-corrected chi connectivity index (χ2v) is 6.40. The number of aliphatic hydroxyl groups is 3. The van der Waals surface area contributed by atoms with E-state index in [0.717, 1.165) is 0 Å². The molecule has 0 bridgehead atoms. The van der Waals surface area contributed by atoms with Gasteiger partial charge in [0.15, 0.2) is 28.6 Å². The number of aliphatic hydroxyl groups excluding tert-OH is 3. The van der Waals surface area contributed by atoms with Crippen molar-refractivity contribution in [2.45, 2.75) is 30.0 Å². The van der Waals surface area contributed by atoms with Gasteiger partial charge in [0.1, 0.15) is 17.8 Å². The molecule has 1 fully saturated rings. The first-order valence-electron chi connectivity index (χ1n) is 6.74. The van der Waals surface area contributed by atoms with Crippen molar-refractivity contribution in [1.82, 2.24) is 0 Å². The van der Waals surface area contributed by atoms with E-state index in [9.17, 15) is 28.2 Å². The summed E-state index contributed by atoms with van der Waals surface area (Å²) in [7, 11) is -6.09. The number of aromatic nitrogens is 1. The number of alkyl halides is 3. The monoisotopic (exact) mass is 404 g/mol. The highest BCUT2D eigenvalue weighted by Crippen LogP contribution is 2.25. The van der Waals surface area contributed by atoms with Gasteiger partial charge in [0.05, 0.1) is 6.61 Å². The number of primary amides is 1. The van der Waals surface area contributed by atoms with Crippen molar-refractivity contribution in [3.63, 3.8) is 0 Å². The second-order valence-electron chi connectivity index (χ2n) is 5.03. The van der Waals surface area contributed by atoms with E-state index >= 15 is 0 Å². The summed E-state index contributed by atoms with van der Waals surface area (Å²) >= 11 is 0. The van der Waals surface area contributed by atoms with E-state index in [-0.39, 0.29) is 5.56 Å². The number of amides is 1. The van der Waals surface area contributed by atoms with Crippen LogP contribution in [0.5, 0.6) is 0 Å². The lowest BCUT2D eigenvalue weighted by Gasteiger charge is -2.09. The average molecular weight is 404 g/mol. The van der Waals surface area contributed by atoms with Crippen molar-refractivity contribution in [2.75, 3.05) is 6.61 Å². The number of hydrogen-bond acceptors (Lipinski definition) is 8. The molecule has 1 saturated heterocycles. The van der Waals surface area contributed by atoms with Gasteiger partial charge in [-0.2, -0.15) is 17.7 Å². The zero-order chi connectivity index (χ0) is 20.3. The number of halogens is 3. The van der Waals surface area contributed by atoms with Gasteiger partial charge < -0.3 is 30.3 Å². The Labute approximate surface area is 145 Å². The molecule has 1 amide bonds. The van der Waals surface area contributed by atoms with Crippen LogP contribution >= 0.6 is 0 Å². The van der Waals surface area contributed by atoms with E-state index in [1.807, 2.05) is 0 Å². The molecule has 10 nitrogen and oxygen atoms in total. The topological polar surface area (TPSA) is 174 Å². The van der Waals surface area contributed by atoms with E-state index < -0.39 is 52.7 Å². The highest BCUT2D eigenvalue weighted by Gasteiger charge is 2.47. The van der Waals surface area contributed by atoms with Gasteiger partial charge in [-0.25, -0.2) is 8.42 Å². The third kappa shape index (κ3) is 5.33. The largest absolute Gasteiger partial charge is 0.741 e.